The summed E-state index contributed by atoms with van der Waals surface area (Å²) in [5.41, 5.74) is 15.6. The van der Waals surface area contributed by atoms with Crippen molar-refractivity contribution in [2.45, 2.75) is 32.1 Å². The Hall–Kier alpha value is -6.84. The van der Waals surface area contributed by atoms with Gasteiger partial charge in [-0.25, -0.2) is 9.97 Å². The average molecular weight is 747 g/mol. The van der Waals surface area contributed by atoms with E-state index >= 15 is 0 Å². The molecule has 3 heteroatoms. The molecule has 58 heavy (non-hydrogen) atoms. The summed E-state index contributed by atoms with van der Waals surface area (Å²) in [7, 11) is 0. The maximum Gasteiger partial charge on any atom is 0.160 e. The summed E-state index contributed by atoms with van der Waals surface area (Å²) in [4.78, 5) is 10.2. The van der Waals surface area contributed by atoms with Crippen LogP contribution in [-0.2, 0) is 5.41 Å². The highest BCUT2D eigenvalue weighted by Crippen LogP contribution is 2.69. The molecule has 7 aromatic rings. The maximum absolute atomic E-state index is 7.19. The van der Waals surface area contributed by atoms with Crippen molar-refractivity contribution < 1.29 is 4.74 Å². The molecule has 0 saturated heterocycles. The molecular weight excluding hydrogens is 705 g/mol. The molecule has 1 aromatic heterocycles. The number of fused-ring (bicyclic) bond motifs is 8. The minimum Gasteiger partial charge on any atom is -0.460 e. The Balaban J connectivity index is 1.05. The smallest absolute Gasteiger partial charge is 0.160 e. The average Bonchev–Trinajstić information content (AvgIpc) is 3.57. The van der Waals surface area contributed by atoms with Gasteiger partial charge in [-0.1, -0.05) is 178 Å². The van der Waals surface area contributed by atoms with Crippen molar-refractivity contribution in [3.05, 3.63) is 216 Å². The van der Waals surface area contributed by atoms with Gasteiger partial charge in [0, 0.05) is 33.2 Å². The quantitative estimate of drug-likeness (QED) is 0.176. The number of rotatable bonds is 5. The first-order chi connectivity index (χ1) is 28.5. The summed E-state index contributed by atoms with van der Waals surface area (Å²) in [5, 5.41) is 0. The molecule has 0 saturated carbocycles. The van der Waals surface area contributed by atoms with Crippen LogP contribution in [0.3, 0.4) is 0 Å². The number of hydrogen-bond acceptors (Lipinski definition) is 3. The van der Waals surface area contributed by atoms with E-state index < -0.39 is 5.41 Å². The number of nitrogens with zero attached hydrogens (tertiary/aromatic N) is 2. The van der Waals surface area contributed by atoms with E-state index in [1.54, 1.807) is 0 Å². The Morgan fingerprint density at radius 3 is 1.91 bits per heavy atom. The van der Waals surface area contributed by atoms with Crippen molar-refractivity contribution >= 4 is 5.57 Å². The van der Waals surface area contributed by atoms with Crippen LogP contribution in [0.5, 0.6) is 5.75 Å². The Kier molecular flexibility index (Phi) is 7.94. The van der Waals surface area contributed by atoms with E-state index in [0.717, 1.165) is 74.7 Å². The monoisotopic (exact) mass is 746 g/mol. The molecular formula is C55H42N2O. The van der Waals surface area contributed by atoms with E-state index in [2.05, 4.69) is 190 Å². The topological polar surface area (TPSA) is 35.0 Å². The van der Waals surface area contributed by atoms with Crippen LogP contribution in [-0.4, -0.2) is 9.97 Å². The predicted molar refractivity (Wildman–Crippen MR) is 237 cm³/mol. The lowest BCUT2D eigenvalue weighted by atomic mass is 9.51. The second-order valence-corrected chi connectivity index (χ2v) is 16.4. The first-order valence-electron chi connectivity index (χ1n) is 20.4. The van der Waals surface area contributed by atoms with Gasteiger partial charge in [-0.2, -0.15) is 0 Å². The molecule has 6 aromatic carbocycles. The summed E-state index contributed by atoms with van der Waals surface area (Å²) in [6.45, 7) is 4.76. The molecule has 0 fully saturated rings. The third kappa shape index (κ3) is 5.19. The SMILES string of the molecule is CC1C=CC2=C(C1)c1ccccc1C21c2cccc(-c3cccc(-c4cccc(-c5nc(-c6ccccc6)cc(-c6ccccc6)n5)c4)c3)c2OC2=CC=CC[C@@]21C. The third-order valence-corrected chi connectivity index (χ3v) is 12.9. The highest BCUT2D eigenvalue weighted by Gasteiger charge is 2.62. The van der Waals surface area contributed by atoms with Crippen LogP contribution in [0.15, 0.2) is 199 Å². The summed E-state index contributed by atoms with van der Waals surface area (Å²) >= 11 is 0. The van der Waals surface area contributed by atoms with E-state index in [0.29, 0.717) is 11.7 Å². The van der Waals surface area contributed by atoms with Gasteiger partial charge in [0.1, 0.15) is 11.5 Å². The van der Waals surface area contributed by atoms with Crippen molar-refractivity contribution in [3.8, 4) is 61.9 Å². The molecule has 2 heterocycles. The standard InChI is InChI=1S/C55H42N2O/c1-36-29-30-47-45(32-36)44-24-9-10-26-46(44)55(47)48-27-15-25-43(52(48)58-51-28-11-12-31-54(51,55)2)41-22-13-20-39(33-41)40-21-14-23-42(34-40)53-56-49(37-16-5-3-6-17-37)35-50(57-53)38-18-7-4-8-19-38/h3-30,33-36H,31-32H2,1-2H3/t36?,54-,55?/m0/s1. The molecule has 1 aliphatic heterocycles. The van der Waals surface area contributed by atoms with Crippen molar-refractivity contribution in [3.63, 3.8) is 0 Å². The van der Waals surface area contributed by atoms with E-state index in [9.17, 15) is 0 Å². The second kappa shape index (κ2) is 13.4. The van der Waals surface area contributed by atoms with Gasteiger partial charge in [0.2, 0.25) is 0 Å². The largest absolute Gasteiger partial charge is 0.460 e. The molecule has 3 atom stereocenters. The van der Waals surface area contributed by atoms with Crippen LogP contribution in [0.4, 0.5) is 0 Å². The van der Waals surface area contributed by atoms with Crippen molar-refractivity contribution in [1.29, 1.82) is 0 Å². The maximum atomic E-state index is 7.19. The lowest BCUT2D eigenvalue weighted by Gasteiger charge is -2.54. The van der Waals surface area contributed by atoms with E-state index in [4.69, 9.17) is 14.7 Å². The minimum absolute atomic E-state index is 0.298. The molecule has 3 nitrogen and oxygen atoms in total. The minimum atomic E-state index is -0.394. The van der Waals surface area contributed by atoms with Gasteiger partial charge in [-0.15, -0.1) is 0 Å². The second-order valence-electron chi connectivity index (χ2n) is 16.4. The molecule has 0 N–H and O–H groups in total. The fourth-order valence-corrected chi connectivity index (χ4v) is 10.2. The zero-order valence-corrected chi connectivity index (χ0v) is 32.7. The summed E-state index contributed by atoms with van der Waals surface area (Å²) in [6.07, 6.45) is 13.5. The molecule has 2 unspecified atom stereocenters. The number of para-hydroxylation sites is 1. The van der Waals surface area contributed by atoms with E-state index in [-0.39, 0.29) is 5.41 Å². The predicted octanol–water partition coefficient (Wildman–Crippen LogP) is 13.7. The molecule has 3 aliphatic carbocycles. The number of aromatic nitrogens is 2. The summed E-state index contributed by atoms with van der Waals surface area (Å²) in [6, 6.07) is 56.2. The van der Waals surface area contributed by atoms with Gasteiger partial charge in [-0.05, 0) is 82.0 Å². The molecule has 4 aliphatic rings. The molecule has 278 valence electrons. The first-order valence-corrected chi connectivity index (χ1v) is 20.4. The molecule has 0 bridgehead atoms. The number of hydrogen-bond donors (Lipinski definition) is 0. The number of benzene rings is 6. The van der Waals surface area contributed by atoms with Crippen LogP contribution in [0.2, 0.25) is 0 Å². The first kappa shape index (κ1) is 34.4. The number of ether oxygens (including phenoxy) is 1. The lowest BCUT2D eigenvalue weighted by molar-refractivity contribution is 0.152. The van der Waals surface area contributed by atoms with Crippen molar-refractivity contribution in [2.24, 2.45) is 11.3 Å². The highest BCUT2D eigenvalue weighted by molar-refractivity contribution is 5.90. The van der Waals surface area contributed by atoms with Gasteiger partial charge in [0.15, 0.2) is 5.82 Å². The Labute approximate surface area is 340 Å². The van der Waals surface area contributed by atoms with Gasteiger partial charge in [0.05, 0.1) is 16.8 Å². The highest BCUT2D eigenvalue weighted by atomic mass is 16.5. The molecule has 0 amide bonds. The van der Waals surface area contributed by atoms with Crippen LogP contribution in [0.25, 0.3) is 61.7 Å². The third-order valence-electron chi connectivity index (χ3n) is 12.9. The van der Waals surface area contributed by atoms with Gasteiger partial charge in [0.25, 0.3) is 0 Å². The van der Waals surface area contributed by atoms with Gasteiger partial charge >= 0.3 is 0 Å². The zero-order valence-electron chi connectivity index (χ0n) is 32.7. The fourth-order valence-electron chi connectivity index (χ4n) is 10.2. The van der Waals surface area contributed by atoms with Crippen LogP contribution in [0.1, 0.15) is 43.4 Å². The van der Waals surface area contributed by atoms with Crippen LogP contribution in [0, 0.1) is 11.3 Å². The normalized spacial score (nSPS) is 21.1. The Morgan fingerprint density at radius 1 is 0.586 bits per heavy atom. The van der Waals surface area contributed by atoms with Gasteiger partial charge < -0.3 is 4.74 Å². The van der Waals surface area contributed by atoms with E-state index in [1.165, 1.54) is 27.8 Å². The number of allylic oxidation sites excluding steroid dienone is 8. The summed E-state index contributed by atoms with van der Waals surface area (Å²) < 4.78 is 7.19. The van der Waals surface area contributed by atoms with Crippen molar-refractivity contribution in [1.82, 2.24) is 9.97 Å². The van der Waals surface area contributed by atoms with Crippen LogP contribution >= 0.6 is 0 Å². The van der Waals surface area contributed by atoms with Crippen molar-refractivity contribution in [2.75, 3.05) is 0 Å². The summed E-state index contributed by atoms with van der Waals surface area (Å²) in [5.74, 6) is 3.17. The van der Waals surface area contributed by atoms with Gasteiger partial charge in [-0.3, -0.25) is 0 Å². The molecule has 11 rings (SSSR count). The van der Waals surface area contributed by atoms with Crippen LogP contribution < -0.4 is 4.74 Å². The fraction of sp³-hybridized carbons (Fsp3) is 0.127. The Bertz CT molecular complexity index is 2840. The molecule has 1 spiro atoms. The van der Waals surface area contributed by atoms with E-state index in [1.807, 2.05) is 12.1 Å². The zero-order chi connectivity index (χ0) is 38.8. The molecule has 0 radical (unpaired) electrons. The Morgan fingerprint density at radius 2 is 1.17 bits per heavy atom. The lowest BCUT2D eigenvalue weighted by Crippen LogP contribution is -2.50.